The lowest BCUT2D eigenvalue weighted by Crippen LogP contribution is -2.20. The molecule has 3 nitrogen and oxygen atoms in total. The molecular formula is C14H17N3. The lowest BCUT2D eigenvalue weighted by molar-refractivity contribution is 0.580. The van der Waals surface area contributed by atoms with E-state index < -0.39 is 0 Å². The van der Waals surface area contributed by atoms with Crippen LogP contribution in [0.25, 0.3) is 0 Å². The average Bonchev–Trinajstić information content (AvgIpc) is 2.38. The Hall–Kier alpha value is -1.74. The van der Waals surface area contributed by atoms with Crippen molar-refractivity contribution in [2.24, 2.45) is 0 Å². The van der Waals surface area contributed by atoms with Gasteiger partial charge < -0.3 is 5.32 Å². The molecule has 0 radical (unpaired) electrons. The quantitative estimate of drug-likeness (QED) is 0.870. The normalized spacial score (nSPS) is 12.4. The smallest absolute Gasteiger partial charge is 0.0422 e. The van der Waals surface area contributed by atoms with E-state index in [1.165, 1.54) is 11.1 Å². The highest BCUT2D eigenvalue weighted by atomic mass is 14.9. The van der Waals surface area contributed by atoms with Gasteiger partial charge in [0.15, 0.2) is 0 Å². The van der Waals surface area contributed by atoms with E-state index in [0.29, 0.717) is 0 Å². The Morgan fingerprint density at radius 1 is 1.24 bits per heavy atom. The number of nitrogens with zero attached hydrogens (tertiary/aromatic N) is 2. The topological polar surface area (TPSA) is 37.8 Å². The van der Waals surface area contributed by atoms with Crippen LogP contribution in [-0.2, 0) is 6.42 Å². The largest absolute Gasteiger partial charge is 0.313 e. The van der Waals surface area contributed by atoms with Gasteiger partial charge in [-0.05, 0) is 43.3 Å². The van der Waals surface area contributed by atoms with E-state index in [9.17, 15) is 0 Å². The number of hydrogen-bond acceptors (Lipinski definition) is 3. The third-order valence-electron chi connectivity index (χ3n) is 2.93. The van der Waals surface area contributed by atoms with Gasteiger partial charge in [-0.2, -0.15) is 0 Å². The Morgan fingerprint density at radius 2 is 2.12 bits per heavy atom. The van der Waals surface area contributed by atoms with Gasteiger partial charge in [0.25, 0.3) is 0 Å². The molecule has 2 rings (SSSR count). The molecule has 2 aromatic heterocycles. The molecule has 0 saturated carbocycles. The molecule has 0 amide bonds. The fourth-order valence-corrected chi connectivity index (χ4v) is 1.97. The first-order valence-corrected chi connectivity index (χ1v) is 5.79. The molecule has 0 aliphatic rings. The van der Waals surface area contributed by atoms with Crippen LogP contribution in [0.5, 0.6) is 0 Å². The molecule has 2 heterocycles. The van der Waals surface area contributed by atoms with Crippen LogP contribution in [0.3, 0.4) is 0 Å². The summed E-state index contributed by atoms with van der Waals surface area (Å²) in [5.41, 5.74) is 3.60. The van der Waals surface area contributed by atoms with Gasteiger partial charge in [0.05, 0.1) is 0 Å². The summed E-state index contributed by atoms with van der Waals surface area (Å²) in [6, 6.07) is 8.37. The van der Waals surface area contributed by atoms with Gasteiger partial charge in [-0.3, -0.25) is 9.97 Å². The first-order valence-electron chi connectivity index (χ1n) is 5.79. The molecule has 88 valence electrons. The summed E-state index contributed by atoms with van der Waals surface area (Å²) < 4.78 is 0. The molecule has 0 spiro atoms. The van der Waals surface area contributed by atoms with Crippen LogP contribution in [0.1, 0.15) is 22.9 Å². The molecule has 3 heteroatoms. The molecule has 0 bridgehead atoms. The van der Waals surface area contributed by atoms with Crippen molar-refractivity contribution in [3.05, 3.63) is 59.7 Å². The van der Waals surface area contributed by atoms with Crippen molar-refractivity contribution in [1.82, 2.24) is 15.3 Å². The highest BCUT2D eigenvalue weighted by molar-refractivity contribution is 5.26. The van der Waals surface area contributed by atoms with Crippen LogP contribution < -0.4 is 5.32 Å². The van der Waals surface area contributed by atoms with Crippen LogP contribution in [0.15, 0.2) is 42.9 Å². The van der Waals surface area contributed by atoms with E-state index in [-0.39, 0.29) is 6.04 Å². The van der Waals surface area contributed by atoms with Crippen molar-refractivity contribution in [1.29, 1.82) is 0 Å². The van der Waals surface area contributed by atoms with Gasteiger partial charge in [-0.1, -0.05) is 6.07 Å². The maximum Gasteiger partial charge on any atom is 0.0422 e. The van der Waals surface area contributed by atoms with Crippen molar-refractivity contribution in [3.63, 3.8) is 0 Å². The van der Waals surface area contributed by atoms with Gasteiger partial charge >= 0.3 is 0 Å². The minimum Gasteiger partial charge on any atom is -0.313 e. The molecular weight excluding hydrogens is 210 g/mol. The predicted molar refractivity (Wildman–Crippen MR) is 68.7 cm³/mol. The minimum atomic E-state index is 0.285. The number of aryl methyl sites for hydroxylation is 1. The maximum atomic E-state index is 4.37. The lowest BCUT2D eigenvalue weighted by atomic mass is 9.99. The van der Waals surface area contributed by atoms with Crippen LogP contribution >= 0.6 is 0 Å². The molecule has 1 N–H and O–H groups in total. The molecule has 0 saturated heterocycles. The predicted octanol–water partition coefficient (Wildman–Crippen LogP) is 2.29. The minimum absolute atomic E-state index is 0.285. The van der Waals surface area contributed by atoms with Gasteiger partial charge in [0, 0.05) is 36.7 Å². The fourth-order valence-electron chi connectivity index (χ4n) is 1.97. The number of hydrogen-bond donors (Lipinski definition) is 1. The number of likely N-dealkylation sites (N-methyl/N-ethyl adjacent to an activating group) is 1. The highest BCUT2D eigenvalue weighted by Crippen LogP contribution is 2.19. The van der Waals surface area contributed by atoms with Gasteiger partial charge in [0.1, 0.15) is 0 Å². The first kappa shape index (κ1) is 11.7. The van der Waals surface area contributed by atoms with Crippen molar-refractivity contribution in [2.75, 3.05) is 7.05 Å². The molecule has 17 heavy (non-hydrogen) atoms. The van der Waals surface area contributed by atoms with Crippen molar-refractivity contribution in [3.8, 4) is 0 Å². The summed E-state index contributed by atoms with van der Waals surface area (Å²) >= 11 is 0. The molecule has 1 unspecified atom stereocenters. The van der Waals surface area contributed by atoms with E-state index in [0.717, 1.165) is 12.1 Å². The zero-order valence-corrected chi connectivity index (χ0v) is 10.2. The molecule has 0 aromatic carbocycles. The Balaban J connectivity index is 2.21. The fraction of sp³-hybridized carbons (Fsp3) is 0.286. The number of nitrogens with one attached hydrogen (secondary N) is 1. The maximum absolute atomic E-state index is 4.37. The third-order valence-corrected chi connectivity index (χ3v) is 2.93. The SMILES string of the molecule is CNC(Cc1ccccn1)c1ccncc1C. The van der Waals surface area contributed by atoms with E-state index in [1.807, 2.05) is 37.8 Å². The highest BCUT2D eigenvalue weighted by Gasteiger charge is 2.12. The summed E-state index contributed by atoms with van der Waals surface area (Å²) in [5.74, 6) is 0. The summed E-state index contributed by atoms with van der Waals surface area (Å²) in [6.45, 7) is 2.09. The average molecular weight is 227 g/mol. The second-order valence-electron chi connectivity index (χ2n) is 4.10. The molecule has 1 atom stereocenters. The monoisotopic (exact) mass is 227 g/mol. The standard InChI is InChI=1S/C14H17N3/c1-11-10-16-8-6-13(11)14(15-2)9-12-5-3-4-7-17-12/h3-8,10,14-15H,9H2,1-2H3. The lowest BCUT2D eigenvalue weighted by Gasteiger charge is -2.18. The van der Waals surface area contributed by atoms with E-state index in [1.54, 1.807) is 0 Å². The van der Waals surface area contributed by atoms with Gasteiger partial charge in [0.2, 0.25) is 0 Å². The van der Waals surface area contributed by atoms with E-state index in [2.05, 4.69) is 34.3 Å². The third kappa shape index (κ3) is 2.88. The zero-order chi connectivity index (χ0) is 12.1. The van der Waals surface area contributed by atoms with Crippen LogP contribution in [-0.4, -0.2) is 17.0 Å². The number of rotatable bonds is 4. The molecule has 0 fully saturated rings. The summed E-state index contributed by atoms with van der Waals surface area (Å²) in [7, 11) is 1.98. The Morgan fingerprint density at radius 3 is 2.76 bits per heavy atom. The van der Waals surface area contributed by atoms with Crippen molar-refractivity contribution >= 4 is 0 Å². The second kappa shape index (κ2) is 5.55. The van der Waals surface area contributed by atoms with Crippen molar-refractivity contribution < 1.29 is 0 Å². The van der Waals surface area contributed by atoms with Crippen molar-refractivity contribution in [2.45, 2.75) is 19.4 Å². The van der Waals surface area contributed by atoms with Crippen LogP contribution in [0.2, 0.25) is 0 Å². The van der Waals surface area contributed by atoms with Crippen LogP contribution in [0, 0.1) is 6.92 Å². The molecule has 0 aliphatic heterocycles. The number of pyridine rings is 2. The summed E-state index contributed by atoms with van der Waals surface area (Å²) in [6.07, 6.45) is 6.47. The Bertz CT molecular complexity index is 468. The summed E-state index contributed by atoms with van der Waals surface area (Å²) in [4.78, 5) is 8.49. The van der Waals surface area contributed by atoms with Gasteiger partial charge in [-0.15, -0.1) is 0 Å². The zero-order valence-electron chi connectivity index (χ0n) is 10.2. The molecule has 0 aliphatic carbocycles. The van der Waals surface area contributed by atoms with E-state index >= 15 is 0 Å². The number of aromatic nitrogens is 2. The second-order valence-corrected chi connectivity index (χ2v) is 4.10. The molecule has 2 aromatic rings. The van der Waals surface area contributed by atoms with E-state index in [4.69, 9.17) is 0 Å². The summed E-state index contributed by atoms with van der Waals surface area (Å²) in [5, 5.41) is 3.34. The van der Waals surface area contributed by atoms with Gasteiger partial charge in [-0.25, -0.2) is 0 Å². The Kier molecular flexibility index (Phi) is 3.83. The first-order chi connectivity index (χ1) is 8.31. The van der Waals surface area contributed by atoms with Crippen LogP contribution in [0.4, 0.5) is 0 Å². The Labute approximate surface area is 102 Å².